The fourth-order valence-electron chi connectivity index (χ4n) is 2.03. The van der Waals surface area contributed by atoms with Gasteiger partial charge in [-0.15, -0.1) is 0 Å². The van der Waals surface area contributed by atoms with Crippen LogP contribution < -0.4 is 5.32 Å². The summed E-state index contributed by atoms with van der Waals surface area (Å²) in [7, 11) is 0. The highest BCUT2D eigenvalue weighted by atomic mass is 79.9. The normalized spacial score (nSPS) is 13.1. The van der Waals surface area contributed by atoms with E-state index in [-0.39, 0.29) is 0 Å². The SMILES string of the molecule is CCNC(CCC(C)C)c1ccc(C)cc1Br. The van der Waals surface area contributed by atoms with Crippen LogP contribution in [0.1, 0.15) is 50.8 Å². The smallest absolute Gasteiger partial charge is 0.0331 e. The van der Waals surface area contributed by atoms with Gasteiger partial charge in [-0.3, -0.25) is 0 Å². The van der Waals surface area contributed by atoms with Gasteiger partial charge in [0.05, 0.1) is 0 Å². The van der Waals surface area contributed by atoms with Crippen molar-refractivity contribution in [1.82, 2.24) is 5.32 Å². The number of rotatable bonds is 6. The highest BCUT2D eigenvalue weighted by Gasteiger charge is 2.13. The van der Waals surface area contributed by atoms with E-state index >= 15 is 0 Å². The first-order valence-electron chi connectivity index (χ1n) is 6.54. The second-order valence-corrected chi connectivity index (χ2v) is 5.96. The Morgan fingerprint density at radius 1 is 1.24 bits per heavy atom. The van der Waals surface area contributed by atoms with Gasteiger partial charge < -0.3 is 5.32 Å². The summed E-state index contributed by atoms with van der Waals surface area (Å²) in [5, 5.41) is 3.58. The maximum atomic E-state index is 3.68. The van der Waals surface area contributed by atoms with Crippen LogP contribution in [0.3, 0.4) is 0 Å². The Hall–Kier alpha value is -0.340. The van der Waals surface area contributed by atoms with E-state index < -0.39 is 0 Å². The van der Waals surface area contributed by atoms with E-state index in [4.69, 9.17) is 0 Å². The van der Waals surface area contributed by atoms with Crippen LogP contribution in [0.5, 0.6) is 0 Å². The molecule has 0 saturated carbocycles. The topological polar surface area (TPSA) is 12.0 Å². The molecule has 0 heterocycles. The first-order chi connectivity index (χ1) is 8.04. The molecule has 1 atom stereocenters. The monoisotopic (exact) mass is 297 g/mol. The van der Waals surface area contributed by atoms with Crippen molar-refractivity contribution in [3.05, 3.63) is 33.8 Å². The molecule has 1 unspecified atom stereocenters. The molecule has 0 amide bonds. The van der Waals surface area contributed by atoms with Crippen LogP contribution in [0, 0.1) is 12.8 Å². The lowest BCUT2D eigenvalue weighted by Crippen LogP contribution is -2.21. The van der Waals surface area contributed by atoms with Gasteiger partial charge in [0.25, 0.3) is 0 Å². The number of hydrogen-bond donors (Lipinski definition) is 1. The zero-order chi connectivity index (χ0) is 12.8. The molecule has 0 aliphatic rings. The molecule has 1 aromatic carbocycles. The van der Waals surface area contributed by atoms with E-state index in [0.717, 1.165) is 12.5 Å². The lowest BCUT2D eigenvalue weighted by atomic mass is 9.97. The van der Waals surface area contributed by atoms with Crippen LogP contribution in [0.2, 0.25) is 0 Å². The van der Waals surface area contributed by atoms with Crippen molar-refractivity contribution < 1.29 is 0 Å². The van der Waals surface area contributed by atoms with Gasteiger partial charge in [-0.1, -0.05) is 48.8 Å². The lowest BCUT2D eigenvalue weighted by molar-refractivity contribution is 0.447. The molecule has 0 aliphatic heterocycles. The second-order valence-electron chi connectivity index (χ2n) is 5.11. The minimum absolute atomic E-state index is 0.470. The lowest BCUT2D eigenvalue weighted by Gasteiger charge is -2.21. The van der Waals surface area contributed by atoms with Crippen LogP contribution in [0.15, 0.2) is 22.7 Å². The van der Waals surface area contributed by atoms with Crippen LogP contribution in [-0.4, -0.2) is 6.54 Å². The fourth-order valence-corrected chi connectivity index (χ4v) is 2.80. The molecular formula is C15H24BrN. The van der Waals surface area contributed by atoms with Crippen molar-refractivity contribution in [3.63, 3.8) is 0 Å². The van der Waals surface area contributed by atoms with Crippen LogP contribution in [0.4, 0.5) is 0 Å². The van der Waals surface area contributed by atoms with Crippen molar-refractivity contribution >= 4 is 15.9 Å². The molecule has 0 radical (unpaired) electrons. The maximum absolute atomic E-state index is 3.68. The van der Waals surface area contributed by atoms with Crippen molar-refractivity contribution in [3.8, 4) is 0 Å². The van der Waals surface area contributed by atoms with Crippen LogP contribution in [-0.2, 0) is 0 Å². The summed E-state index contributed by atoms with van der Waals surface area (Å²) in [5.74, 6) is 0.764. The molecule has 1 N–H and O–H groups in total. The summed E-state index contributed by atoms with van der Waals surface area (Å²) < 4.78 is 1.23. The zero-order valence-electron chi connectivity index (χ0n) is 11.4. The highest BCUT2D eigenvalue weighted by molar-refractivity contribution is 9.10. The predicted molar refractivity (Wildman–Crippen MR) is 79.4 cm³/mol. The molecule has 0 bridgehead atoms. The first-order valence-corrected chi connectivity index (χ1v) is 7.33. The van der Waals surface area contributed by atoms with Gasteiger partial charge in [-0.05, 0) is 49.4 Å². The number of halogens is 1. The van der Waals surface area contributed by atoms with E-state index in [0.29, 0.717) is 6.04 Å². The van der Waals surface area contributed by atoms with Crippen LogP contribution >= 0.6 is 15.9 Å². The quantitative estimate of drug-likeness (QED) is 0.792. The molecule has 96 valence electrons. The van der Waals surface area contributed by atoms with E-state index in [1.807, 2.05) is 0 Å². The summed E-state index contributed by atoms with van der Waals surface area (Å²) in [6.07, 6.45) is 2.46. The molecule has 0 fully saturated rings. The Bertz CT molecular complexity index is 347. The number of benzene rings is 1. The molecular weight excluding hydrogens is 274 g/mol. The largest absolute Gasteiger partial charge is 0.310 e. The summed E-state index contributed by atoms with van der Waals surface area (Å²) >= 11 is 3.68. The van der Waals surface area contributed by atoms with Gasteiger partial charge in [0.2, 0.25) is 0 Å². The highest BCUT2D eigenvalue weighted by Crippen LogP contribution is 2.28. The first kappa shape index (κ1) is 14.7. The Labute approximate surface area is 114 Å². The Morgan fingerprint density at radius 2 is 1.94 bits per heavy atom. The van der Waals surface area contributed by atoms with Gasteiger partial charge in [0.15, 0.2) is 0 Å². The van der Waals surface area contributed by atoms with Gasteiger partial charge in [0, 0.05) is 10.5 Å². The fraction of sp³-hybridized carbons (Fsp3) is 0.600. The molecule has 17 heavy (non-hydrogen) atoms. The Balaban J connectivity index is 2.81. The molecule has 0 aromatic heterocycles. The molecule has 1 nitrogen and oxygen atoms in total. The third-order valence-corrected chi connectivity index (χ3v) is 3.70. The molecule has 1 rings (SSSR count). The van der Waals surface area contributed by atoms with E-state index in [9.17, 15) is 0 Å². The maximum Gasteiger partial charge on any atom is 0.0331 e. The summed E-state index contributed by atoms with van der Waals surface area (Å²) in [5.41, 5.74) is 2.69. The zero-order valence-corrected chi connectivity index (χ0v) is 13.0. The number of hydrogen-bond acceptors (Lipinski definition) is 1. The third kappa shape index (κ3) is 4.81. The molecule has 1 aromatic rings. The van der Waals surface area contributed by atoms with E-state index in [1.54, 1.807) is 0 Å². The Kier molecular flexibility index (Phi) is 6.21. The average molecular weight is 298 g/mol. The van der Waals surface area contributed by atoms with Gasteiger partial charge >= 0.3 is 0 Å². The predicted octanol–water partition coefficient (Wildman–Crippen LogP) is 4.84. The Morgan fingerprint density at radius 3 is 2.47 bits per heavy atom. The molecule has 2 heteroatoms. The standard InChI is InChI=1S/C15H24BrN/c1-5-17-15(9-6-11(2)3)13-8-7-12(4)10-14(13)16/h7-8,10-11,15,17H,5-6,9H2,1-4H3. The molecule has 0 aliphatic carbocycles. The molecule has 0 saturated heterocycles. The van der Waals surface area contributed by atoms with Crippen molar-refractivity contribution in [2.75, 3.05) is 6.54 Å². The average Bonchev–Trinajstić information content (AvgIpc) is 2.24. The third-order valence-electron chi connectivity index (χ3n) is 3.01. The molecule has 0 spiro atoms. The van der Waals surface area contributed by atoms with Crippen LogP contribution in [0.25, 0.3) is 0 Å². The summed E-state index contributed by atoms with van der Waals surface area (Å²) in [4.78, 5) is 0. The van der Waals surface area contributed by atoms with E-state index in [2.05, 4.69) is 67.1 Å². The summed E-state index contributed by atoms with van der Waals surface area (Å²) in [6, 6.07) is 7.11. The second kappa shape index (κ2) is 7.17. The minimum atomic E-state index is 0.470. The van der Waals surface area contributed by atoms with Gasteiger partial charge in [-0.2, -0.15) is 0 Å². The van der Waals surface area contributed by atoms with Crippen molar-refractivity contribution in [1.29, 1.82) is 0 Å². The van der Waals surface area contributed by atoms with Crippen molar-refractivity contribution in [2.45, 2.75) is 46.6 Å². The number of nitrogens with one attached hydrogen (secondary N) is 1. The van der Waals surface area contributed by atoms with Gasteiger partial charge in [-0.25, -0.2) is 0 Å². The van der Waals surface area contributed by atoms with Gasteiger partial charge in [0.1, 0.15) is 0 Å². The van der Waals surface area contributed by atoms with Crippen molar-refractivity contribution in [2.24, 2.45) is 5.92 Å². The minimum Gasteiger partial charge on any atom is -0.310 e. The van der Waals surface area contributed by atoms with E-state index in [1.165, 1.54) is 28.4 Å². The summed E-state index contributed by atoms with van der Waals surface area (Å²) in [6.45, 7) is 9.89. The number of aryl methyl sites for hydroxylation is 1.